The average molecular weight is 298 g/mol. The summed E-state index contributed by atoms with van der Waals surface area (Å²) in [7, 11) is 0. The lowest BCUT2D eigenvalue weighted by Gasteiger charge is -2.35. The molecule has 0 aliphatic carbocycles. The summed E-state index contributed by atoms with van der Waals surface area (Å²) in [6, 6.07) is 0.521. The highest BCUT2D eigenvalue weighted by Gasteiger charge is 2.24. The summed E-state index contributed by atoms with van der Waals surface area (Å²) in [5.74, 6) is 0.112. The van der Waals surface area contributed by atoms with Crippen molar-refractivity contribution in [1.29, 1.82) is 0 Å². The predicted octanol–water partition coefficient (Wildman–Crippen LogP) is -0.493. The molecule has 2 aliphatic heterocycles. The van der Waals surface area contributed by atoms with Crippen molar-refractivity contribution in [1.82, 2.24) is 20.4 Å². The average Bonchev–Trinajstić information content (AvgIpc) is 2.48. The Morgan fingerprint density at radius 3 is 2.81 bits per heavy atom. The van der Waals surface area contributed by atoms with Gasteiger partial charge in [0.05, 0.1) is 19.1 Å². The summed E-state index contributed by atoms with van der Waals surface area (Å²) >= 11 is 0. The third kappa shape index (κ3) is 5.90. The van der Waals surface area contributed by atoms with Crippen LogP contribution in [0.1, 0.15) is 20.3 Å². The molecule has 0 aromatic rings. The van der Waals surface area contributed by atoms with Gasteiger partial charge in [0.1, 0.15) is 0 Å². The fraction of sp³-hybridized carbons (Fsp3) is 0.933. The van der Waals surface area contributed by atoms with Crippen LogP contribution in [0.4, 0.5) is 0 Å². The lowest BCUT2D eigenvalue weighted by Crippen LogP contribution is -2.48. The molecule has 0 saturated carbocycles. The van der Waals surface area contributed by atoms with Crippen LogP contribution in [0.2, 0.25) is 0 Å². The molecule has 21 heavy (non-hydrogen) atoms. The zero-order valence-electron chi connectivity index (χ0n) is 13.4. The number of piperazine rings is 1. The fourth-order valence-electron chi connectivity index (χ4n) is 2.90. The van der Waals surface area contributed by atoms with E-state index in [2.05, 4.69) is 34.3 Å². The maximum absolute atomic E-state index is 12.0. The number of carbonyl (C=O) groups is 1. The molecule has 2 N–H and O–H groups in total. The summed E-state index contributed by atoms with van der Waals surface area (Å²) in [4.78, 5) is 16.7. The molecule has 2 saturated heterocycles. The van der Waals surface area contributed by atoms with Crippen molar-refractivity contribution < 1.29 is 9.53 Å². The highest BCUT2D eigenvalue weighted by molar-refractivity contribution is 5.76. The molecule has 6 nitrogen and oxygen atoms in total. The number of hydrogen-bond acceptors (Lipinski definition) is 5. The quantitative estimate of drug-likeness (QED) is 0.693. The number of nitrogens with one attached hydrogen (secondary N) is 2. The zero-order valence-corrected chi connectivity index (χ0v) is 13.4. The van der Waals surface area contributed by atoms with E-state index < -0.39 is 0 Å². The third-order valence-electron chi connectivity index (χ3n) is 4.27. The summed E-state index contributed by atoms with van der Waals surface area (Å²) in [6.07, 6.45) is 0.519. The molecule has 2 heterocycles. The molecular formula is C15H30N4O2. The summed E-state index contributed by atoms with van der Waals surface area (Å²) in [6.45, 7) is 12.9. The van der Waals surface area contributed by atoms with E-state index in [-0.39, 0.29) is 12.0 Å². The van der Waals surface area contributed by atoms with E-state index in [0.29, 0.717) is 12.5 Å². The van der Waals surface area contributed by atoms with Crippen LogP contribution in [0.5, 0.6) is 0 Å². The summed E-state index contributed by atoms with van der Waals surface area (Å²) in [5.41, 5.74) is 0. The van der Waals surface area contributed by atoms with E-state index in [9.17, 15) is 4.79 Å². The molecular weight excluding hydrogens is 268 g/mol. The molecule has 2 fully saturated rings. The normalized spacial score (nSPS) is 25.2. The van der Waals surface area contributed by atoms with Gasteiger partial charge in [0.25, 0.3) is 0 Å². The van der Waals surface area contributed by atoms with Gasteiger partial charge in [-0.25, -0.2) is 0 Å². The zero-order chi connectivity index (χ0) is 15.1. The van der Waals surface area contributed by atoms with Gasteiger partial charge in [-0.1, -0.05) is 0 Å². The van der Waals surface area contributed by atoms with Crippen LogP contribution in [0.15, 0.2) is 0 Å². The van der Waals surface area contributed by atoms with Crippen LogP contribution in [-0.2, 0) is 9.53 Å². The second kappa shape index (κ2) is 8.68. The van der Waals surface area contributed by atoms with Crippen LogP contribution in [0.25, 0.3) is 0 Å². The van der Waals surface area contributed by atoms with Crippen molar-refractivity contribution >= 4 is 5.91 Å². The van der Waals surface area contributed by atoms with Gasteiger partial charge >= 0.3 is 0 Å². The smallest absolute Gasteiger partial charge is 0.222 e. The van der Waals surface area contributed by atoms with Crippen molar-refractivity contribution in [3.8, 4) is 0 Å². The highest BCUT2D eigenvalue weighted by atomic mass is 16.5. The highest BCUT2D eigenvalue weighted by Crippen LogP contribution is 2.11. The van der Waals surface area contributed by atoms with Crippen LogP contribution in [0, 0.1) is 0 Å². The first kappa shape index (κ1) is 16.7. The summed E-state index contributed by atoms with van der Waals surface area (Å²) in [5, 5.41) is 6.35. The number of morpholine rings is 1. The van der Waals surface area contributed by atoms with E-state index in [4.69, 9.17) is 4.74 Å². The van der Waals surface area contributed by atoms with Crippen molar-refractivity contribution in [3.05, 3.63) is 0 Å². The number of hydrogen-bond donors (Lipinski definition) is 2. The molecule has 1 atom stereocenters. The predicted molar refractivity (Wildman–Crippen MR) is 83.4 cm³/mol. The minimum atomic E-state index is 0.0420. The first-order valence-corrected chi connectivity index (χ1v) is 8.20. The standard InChI is InChI=1S/C15H30N4O2/c1-13(2)19-9-10-21-14(12-19)11-15(20)17-5-8-18-6-3-16-4-7-18/h13-14,16H,3-12H2,1-2H3,(H,17,20). The number of nitrogens with zero attached hydrogens (tertiary/aromatic N) is 2. The summed E-state index contributed by atoms with van der Waals surface area (Å²) < 4.78 is 5.70. The maximum atomic E-state index is 12.0. The second-order valence-electron chi connectivity index (χ2n) is 6.23. The van der Waals surface area contributed by atoms with Crippen molar-refractivity contribution in [2.45, 2.75) is 32.4 Å². The van der Waals surface area contributed by atoms with Gasteiger partial charge in [-0.3, -0.25) is 14.6 Å². The first-order valence-electron chi connectivity index (χ1n) is 8.20. The van der Waals surface area contributed by atoms with Gasteiger partial charge in [0.2, 0.25) is 5.91 Å². The molecule has 2 rings (SSSR count). The van der Waals surface area contributed by atoms with Crippen molar-refractivity contribution in [2.24, 2.45) is 0 Å². The topological polar surface area (TPSA) is 56.8 Å². The Morgan fingerprint density at radius 1 is 1.33 bits per heavy atom. The molecule has 1 amide bonds. The van der Waals surface area contributed by atoms with E-state index in [1.165, 1.54) is 0 Å². The van der Waals surface area contributed by atoms with Crippen LogP contribution in [-0.4, -0.2) is 86.8 Å². The van der Waals surface area contributed by atoms with Crippen LogP contribution < -0.4 is 10.6 Å². The fourth-order valence-corrected chi connectivity index (χ4v) is 2.90. The van der Waals surface area contributed by atoms with Crippen LogP contribution in [0.3, 0.4) is 0 Å². The van der Waals surface area contributed by atoms with Gasteiger partial charge in [0.15, 0.2) is 0 Å². The minimum Gasteiger partial charge on any atom is -0.375 e. The number of amides is 1. The SMILES string of the molecule is CC(C)N1CCOC(CC(=O)NCCN2CCNCC2)C1. The Labute approximate surface area is 128 Å². The van der Waals surface area contributed by atoms with Gasteiger partial charge in [0, 0.05) is 58.4 Å². The Bertz CT molecular complexity index is 319. The molecule has 0 aromatic heterocycles. The molecule has 122 valence electrons. The van der Waals surface area contributed by atoms with Gasteiger partial charge < -0.3 is 15.4 Å². The Morgan fingerprint density at radius 2 is 2.10 bits per heavy atom. The van der Waals surface area contributed by atoms with Gasteiger partial charge in [-0.2, -0.15) is 0 Å². The minimum absolute atomic E-state index is 0.0420. The van der Waals surface area contributed by atoms with E-state index in [1.807, 2.05) is 0 Å². The maximum Gasteiger partial charge on any atom is 0.222 e. The van der Waals surface area contributed by atoms with Crippen LogP contribution >= 0.6 is 0 Å². The van der Waals surface area contributed by atoms with E-state index >= 15 is 0 Å². The lowest BCUT2D eigenvalue weighted by atomic mass is 10.1. The molecule has 1 unspecified atom stereocenters. The number of carbonyl (C=O) groups excluding carboxylic acids is 1. The Balaban J connectivity index is 1.60. The van der Waals surface area contributed by atoms with Gasteiger partial charge in [-0.05, 0) is 13.8 Å². The third-order valence-corrected chi connectivity index (χ3v) is 4.27. The van der Waals surface area contributed by atoms with Crippen molar-refractivity contribution in [3.63, 3.8) is 0 Å². The van der Waals surface area contributed by atoms with E-state index in [1.54, 1.807) is 0 Å². The number of ether oxygens (including phenoxy) is 1. The largest absolute Gasteiger partial charge is 0.375 e. The van der Waals surface area contributed by atoms with E-state index in [0.717, 1.165) is 59.0 Å². The number of rotatable bonds is 6. The molecule has 0 aromatic carbocycles. The van der Waals surface area contributed by atoms with Gasteiger partial charge in [-0.15, -0.1) is 0 Å². The van der Waals surface area contributed by atoms with Crippen molar-refractivity contribution in [2.75, 3.05) is 59.0 Å². The molecule has 6 heteroatoms. The lowest BCUT2D eigenvalue weighted by molar-refractivity contribution is -0.126. The molecule has 0 radical (unpaired) electrons. The Hall–Kier alpha value is -0.690. The first-order chi connectivity index (χ1) is 10.1. The second-order valence-corrected chi connectivity index (χ2v) is 6.23. The molecule has 2 aliphatic rings. The Kier molecular flexibility index (Phi) is 6.89. The monoisotopic (exact) mass is 298 g/mol. The molecule has 0 spiro atoms. The molecule has 0 bridgehead atoms.